The van der Waals surface area contributed by atoms with Gasteiger partial charge in [-0.2, -0.15) is 5.10 Å². The van der Waals surface area contributed by atoms with Crippen LogP contribution in [0.25, 0.3) is 5.69 Å². The van der Waals surface area contributed by atoms with Crippen LogP contribution in [0, 0.1) is 13.8 Å². The summed E-state index contributed by atoms with van der Waals surface area (Å²) in [6.07, 6.45) is 5.38. The molecule has 0 bridgehead atoms. The van der Waals surface area contributed by atoms with E-state index in [0.29, 0.717) is 12.2 Å². The highest BCUT2D eigenvalue weighted by molar-refractivity contribution is 5.93. The van der Waals surface area contributed by atoms with Crippen LogP contribution in [-0.4, -0.2) is 43.2 Å². The van der Waals surface area contributed by atoms with Crippen LogP contribution in [0.15, 0.2) is 48.9 Å². The molecule has 1 atom stereocenters. The molecule has 26 heavy (non-hydrogen) atoms. The molecule has 6 nitrogen and oxygen atoms in total. The minimum Gasteiger partial charge on any atom is -0.335 e. The van der Waals surface area contributed by atoms with Gasteiger partial charge in [-0.3, -0.25) is 14.0 Å². The molecular weight excluding hydrogens is 326 g/mol. The van der Waals surface area contributed by atoms with E-state index in [1.807, 2.05) is 46.7 Å². The molecule has 0 spiro atoms. The van der Waals surface area contributed by atoms with E-state index >= 15 is 0 Å². The van der Waals surface area contributed by atoms with E-state index in [4.69, 9.17) is 0 Å². The van der Waals surface area contributed by atoms with Gasteiger partial charge in [-0.1, -0.05) is 18.2 Å². The van der Waals surface area contributed by atoms with Gasteiger partial charge in [-0.25, -0.2) is 4.98 Å². The molecule has 0 aliphatic carbocycles. The molecule has 0 radical (unpaired) electrons. The molecule has 3 aromatic rings. The van der Waals surface area contributed by atoms with Crippen LogP contribution in [0.4, 0.5) is 0 Å². The fourth-order valence-electron chi connectivity index (χ4n) is 3.76. The fourth-order valence-corrected chi connectivity index (χ4v) is 3.76. The predicted octanol–water partition coefficient (Wildman–Crippen LogP) is 3.16. The summed E-state index contributed by atoms with van der Waals surface area (Å²) in [6.45, 7) is 5.54. The first-order chi connectivity index (χ1) is 12.6. The number of likely N-dealkylation sites (tertiary alicyclic amines) is 1. The van der Waals surface area contributed by atoms with E-state index in [0.717, 1.165) is 36.5 Å². The number of hydrogen-bond donors (Lipinski definition) is 0. The van der Waals surface area contributed by atoms with Gasteiger partial charge in [-0.15, -0.1) is 0 Å². The molecular formula is C20H23N5O. The lowest BCUT2D eigenvalue weighted by Gasteiger charge is -2.33. The summed E-state index contributed by atoms with van der Waals surface area (Å²) in [6, 6.07) is 12.2. The largest absolute Gasteiger partial charge is 0.335 e. The maximum absolute atomic E-state index is 13.2. The Balaban J connectivity index is 1.58. The third-order valence-corrected chi connectivity index (χ3v) is 4.97. The second kappa shape index (κ2) is 6.78. The highest BCUT2D eigenvalue weighted by Gasteiger charge is 2.28. The maximum atomic E-state index is 13.2. The summed E-state index contributed by atoms with van der Waals surface area (Å²) in [5.74, 6) is 0.0255. The number of hydrogen-bond acceptors (Lipinski definition) is 3. The number of rotatable bonds is 3. The molecule has 1 fully saturated rings. The van der Waals surface area contributed by atoms with E-state index in [-0.39, 0.29) is 11.9 Å². The summed E-state index contributed by atoms with van der Waals surface area (Å²) < 4.78 is 3.93. The minimum atomic E-state index is 0.0255. The van der Waals surface area contributed by atoms with Crippen LogP contribution >= 0.6 is 0 Å². The lowest BCUT2D eigenvalue weighted by atomic mass is 10.1. The first kappa shape index (κ1) is 16.6. The van der Waals surface area contributed by atoms with Crippen LogP contribution < -0.4 is 0 Å². The number of benzene rings is 1. The monoisotopic (exact) mass is 349 g/mol. The van der Waals surface area contributed by atoms with Crippen LogP contribution in [-0.2, 0) is 0 Å². The van der Waals surface area contributed by atoms with Crippen molar-refractivity contribution in [2.75, 3.05) is 13.1 Å². The molecule has 1 aliphatic rings. The van der Waals surface area contributed by atoms with Crippen molar-refractivity contribution in [3.8, 4) is 5.69 Å². The second-order valence-electron chi connectivity index (χ2n) is 6.90. The first-order valence-electron chi connectivity index (χ1n) is 9.03. The SMILES string of the molecule is Cc1cc(C)n(C2CCCN(C(=O)c3cncn3-c3ccccc3)C2)n1. The normalized spacial score (nSPS) is 17.5. The molecule has 3 heterocycles. The molecule has 4 rings (SSSR count). The van der Waals surface area contributed by atoms with Crippen molar-refractivity contribution in [3.05, 3.63) is 66.0 Å². The molecule has 0 N–H and O–H groups in total. The number of carbonyl (C=O) groups excluding carboxylic acids is 1. The zero-order valence-electron chi connectivity index (χ0n) is 15.2. The van der Waals surface area contributed by atoms with E-state index in [2.05, 4.69) is 27.8 Å². The second-order valence-corrected chi connectivity index (χ2v) is 6.90. The van der Waals surface area contributed by atoms with E-state index < -0.39 is 0 Å². The topological polar surface area (TPSA) is 56.0 Å². The molecule has 134 valence electrons. The number of imidazole rings is 1. The maximum Gasteiger partial charge on any atom is 0.272 e. The lowest BCUT2D eigenvalue weighted by Crippen LogP contribution is -2.41. The van der Waals surface area contributed by atoms with Gasteiger partial charge in [-0.05, 0) is 44.9 Å². The van der Waals surface area contributed by atoms with Crippen molar-refractivity contribution < 1.29 is 4.79 Å². The van der Waals surface area contributed by atoms with Gasteiger partial charge in [0.2, 0.25) is 0 Å². The van der Waals surface area contributed by atoms with Crippen LogP contribution in [0.1, 0.15) is 40.8 Å². The summed E-state index contributed by atoms with van der Waals surface area (Å²) in [7, 11) is 0. The van der Waals surface area contributed by atoms with Crippen molar-refractivity contribution in [1.29, 1.82) is 0 Å². The number of aromatic nitrogens is 4. The van der Waals surface area contributed by atoms with Crippen LogP contribution in [0.5, 0.6) is 0 Å². The predicted molar refractivity (Wildman–Crippen MR) is 99.4 cm³/mol. The molecule has 1 saturated heterocycles. The zero-order chi connectivity index (χ0) is 18.1. The van der Waals surface area contributed by atoms with E-state index in [1.54, 1.807) is 12.5 Å². The summed E-state index contributed by atoms with van der Waals surface area (Å²) >= 11 is 0. The third-order valence-electron chi connectivity index (χ3n) is 4.97. The average molecular weight is 349 g/mol. The number of piperidine rings is 1. The highest BCUT2D eigenvalue weighted by atomic mass is 16.2. The highest BCUT2D eigenvalue weighted by Crippen LogP contribution is 2.24. The van der Waals surface area contributed by atoms with Gasteiger partial charge >= 0.3 is 0 Å². The first-order valence-corrected chi connectivity index (χ1v) is 9.03. The summed E-state index contributed by atoms with van der Waals surface area (Å²) in [5, 5.41) is 4.62. The third kappa shape index (κ3) is 3.03. The van der Waals surface area contributed by atoms with Gasteiger partial charge < -0.3 is 4.90 Å². The summed E-state index contributed by atoms with van der Waals surface area (Å²) in [4.78, 5) is 19.3. The fraction of sp³-hybridized carbons (Fsp3) is 0.350. The number of para-hydroxylation sites is 1. The number of carbonyl (C=O) groups is 1. The van der Waals surface area contributed by atoms with Crippen molar-refractivity contribution in [2.24, 2.45) is 0 Å². The molecule has 1 unspecified atom stereocenters. The smallest absolute Gasteiger partial charge is 0.272 e. The number of aryl methyl sites for hydroxylation is 2. The molecule has 0 saturated carbocycles. The van der Waals surface area contributed by atoms with Crippen molar-refractivity contribution in [3.63, 3.8) is 0 Å². The minimum absolute atomic E-state index is 0.0255. The van der Waals surface area contributed by atoms with Crippen molar-refractivity contribution in [2.45, 2.75) is 32.7 Å². The van der Waals surface area contributed by atoms with Gasteiger partial charge in [0.15, 0.2) is 0 Å². The number of nitrogens with zero attached hydrogens (tertiary/aromatic N) is 5. The van der Waals surface area contributed by atoms with Crippen molar-refractivity contribution in [1.82, 2.24) is 24.2 Å². The Hall–Kier alpha value is -2.89. The summed E-state index contributed by atoms with van der Waals surface area (Å²) in [5.41, 5.74) is 3.72. The van der Waals surface area contributed by atoms with E-state index in [9.17, 15) is 4.79 Å². The standard InChI is InChI=1S/C20H23N5O/c1-15-11-16(2)25(22-15)18-9-6-10-23(13-18)20(26)19-12-21-14-24(19)17-7-4-3-5-8-17/h3-5,7-8,11-12,14,18H,6,9-10,13H2,1-2H3. The Kier molecular flexibility index (Phi) is 4.32. The van der Waals surface area contributed by atoms with Gasteiger partial charge in [0.05, 0.1) is 24.3 Å². The molecule has 1 amide bonds. The van der Waals surface area contributed by atoms with E-state index in [1.165, 1.54) is 0 Å². The molecule has 2 aromatic heterocycles. The Morgan fingerprint density at radius 2 is 2.00 bits per heavy atom. The Morgan fingerprint density at radius 3 is 2.73 bits per heavy atom. The molecule has 1 aromatic carbocycles. The molecule has 6 heteroatoms. The Morgan fingerprint density at radius 1 is 1.19 bits per heavy atom. The van der Waals surface area contributed by atoms with Crippen molar-refractivity contribution >= 4 is 5.91 Å². The number of amides is 1. The Bertz CT molecular complexity index is 911. The lowest BCUT2D eigenvalue weighted by molar-refractivity contribution is 0.0663. The van der Waals surface area contributed by atoms with Gasteiger partial charge in [0.25, 0.3) is 5.91 Å². The average Bonchev–Trinajstić information content (AvgIpc) is 3.28. The van der Waals surface area contributed by atoms with Gasteiger partial charge in [0.1, 0.15) is 5.69 Å². The van der Waals surface area contributed by atoms with Crippen LogP contribution in [0.3, 0.4) is 0 Å². The zero-order valence-corrected chi connectivity index (χ0v) is 15.2. The quantitative estimate of drug-likeness (QED) is 0.730. The van der Waals surface area contributed by atoms with Gasteiger partial charge in [0, 0.05) is 24.5 Å². The Labute approximate surface area is 153 Å². The van der Waals surface area contributed by atoms with Crippen LogP contribution in [0.2, 0.25) is 0 Å². The molecule has 1 aliphatic heterocycles.